The molecule has 1 spiro atoms. The van der Waals surface area contributed by atoms with Crippen LogP contribution in [0.15, 0.2) is 72.9 Å². The number of hydrogen-bond acceptors (Lipinski definition) is 4. The van der Waals surface area contributed by atoms with Crippen LogP contribution in [0.25, 0.3) is 10.9 Å². The van der Waals surface area contributed by atoms with E-state index in [1.165, 1.54) is 29.1 Å². The maximum absolute atomic E-state index is 14.3. The summed E-state index contributed by atoms with van der Waals surface area (Å²) in [5, 5.41) is 4.44. The van der Waals surface area contributed by atoms with Crippen LogP contribution >= 0.6 is 11.6 Å². The molecule has 43 heavy (non-hydrogen) atoms. The van der Waals surface area contributed by atoms with E-state index in [0.717, 1.165) is 75.1 Å². The van der Waals surface area contributed by atoms with Crippen LogP contribution in [0.1, 0.15) is 69.1 Å². The van der Waals surface area contributed by atoms with Gasteiger partial charge in [0, 0.05) is 41.8 Å². The Labute approximate surface area is 255 Å². The SMILES string of the molecule is O=C(NC1CCc2ccc(C(=O)N3CCC4(CCN(Cc5ccc6ncccc6c5)CC4)C3)cc21)c1cc(Cl)ccc1F. The normalized spacial score (nSPS) is 19.6. The summed E-state index contributed by atoms with van der Waals surface area (Å²) in [7, 11) is 0. The van der Waals surface area contributed by atoms with Crippen molar-refractivity contribution < 1.29 is 14.0 Å². The summed E-state index contributed by atoms with van der Waals surface area (Å²) in [5.74, 6) is -1.06. The number of aryl methyl sites for hydroxylation is 1. The third kappa shape index (κ3) is 5.64. The van der Waals surface area contributed by atoms with Crippen LogP contribution in [0.3, 0.4) is 0 Å². The van der Waals surface area contributed by atoms with Crippen molar-refractivity contribution in [3.05, 3.63) is 112 Å². The summed E-state index contributed by atoms with van der Waals surface area (Å²) in [6.07, 6.45) is 6.54. The molecule has 4 aromatic rings. The van der Waals surface area contributed by atoms with E-state index >= 15 is 0 Å². The van der Waals surface area contributed by atoms with Crippen LogP contribution in [0.5, 0.6) is 0 Å². The number of carbonyl (C=O) groups excluding carboxylic acids is 2. The van der Waals surface area contributed by atoms with Gasteiger partial charge in [0.25, 0.3) is 11.8 Å². The van der Waals surface area contributed by atoms with E-state index in [9.17, 15) is 14.0 Å². The molecule has 2 fully saturated rings. The van der Waals surface area contributed by atoms with Crippen LogP contribution in [-0.4, -0.2) is 52.8 Å². The molecule has 1 N–H and O–H groups in total. The Kier molecular flexibility index (Phi) is 7.39. The standard InChI is InChI=1S/C35H34ClFN4O2/c36-27-7-8-30(37)29(20-27)33(42)39-32-10-6-24-4-5-26(19-28(24)32)34(43)41-17-13-35(22-41)11-15-40(16-12-35)21-23-3-9-31-25(18-23)2-1-14-38-31/h1-5,7-9,14,18-20,32H,6,10-13,15-17,21-22H2,(H,39,42). The Bertz CT molecular complexity index is 1720. The number of pyridine rings is 1. The number of aromatic nitrogens is 1. The molecule has 1 aromatic heterocycles. The van der Waals surface area contributed by atoms with Crippen molar-refractivity contribution in [2.45, 2.75) is 44.7 Å². The fraction of sp³-hybridized carbons (Fsp3) is 0.343. The Morgan fingerprint density at radius 1 is 1.00 bits per heavy atom. The van der Waals surface area contributed by atoms with Crippen molar-refractivity contribution in [2.24, 2.45) is 5.41 Å². The number of benzene rings is 3. The summed E-state index contributed by atoms with van der Waals surface area (Å²) in [4.78, 5) is 35.5. The molecule has 0 saturated carbocycles. The molecule has 2 aliphatic heterocycles. The quantitative estimate of drug-likeness (QED) is 0.283. The Morgan fingerprint density at radius 2 is 1.84 bits per heavy atom. The Morgan fingerprint density at radius 3 is 2.70 bits per heavy atom. The molecule has 1 unspecified atom stereocenters. The van der Waals surface area contributed by atoms with Gasteiger partial charge in [-0.3, -0.25) is 19.5 Å². The fourth-order valence-corrected chi connectivity index (χ4v) is 7.33. The number of nitrogens with one attached hydrogen (secondary N) is 1. The number of nitrogens with zero attached hydrogens (tertiary/aromatic N) is 3. The molecule has 220 valence electrons. The second-order valence-electron chi connectivity index (χ2n) is 12.4. The van der Waals surface area contributed by atoms with E-state index in [-0.39, 0.29) is 22.9 Å². The number of halogens is 2. The molecule has 3 heterocycles. The number of likely N-dealkylation sites (tertiary alicyclic amines) is 2. The second kappa shape index (κ2) is 11.4. The molecule has 2 amide bonds. The zero-order valence-corrected chi connectivity index (χ0v) is 24.7. The van der Waals surface area contributed by atoms with Crippen LogP contribution in [0.4, 0.5) is 4.39 Å². The molecule has 0 radical (unpaired) electrons. The molecule has 3 aromatic carbocycles. The third-order valence-corrected chi connectivity index (χ3v) is 9.90. The molecule has 3 aliphatic rings. The molecule has 1 atom stereocenters. The maximum Gasteiger partial charge on any atom is 0.254 e. The van der Waals surface area contributed by atoms with E-state index in [2.05, 4.69) is 39.5 Å². The van der Waals surface area contributed by atoms with E-state index in [1.807, 2.05) is 35.4 Å². The Balaban J connectivity index is 0.978. The average molecular weight is 597 g/mol. The molecule has 1 aliphatic carbocycles. The van der Waals surface area contributed by atoms with Gasteiger partial charge in [-0.05, 0) is 116 Å². The summed E-state index contributed by atoms with van der Waals surface area (Å²) >= 11 is 5.99. The number of piperidine rings is 1. The molecule has 0 bridgehead atoms. The van der Waals surface area contributed by atoms with Gasteiger partial charge in [0.05, 0.1) is 17.1 Å². The highest BCUT2D eigenvalue weighted by Crippen LogP contribution is 2.41. The number of fused-ring (bicyclic) bond motifs is 2. The number of hydrogen-bond donors (Lipinski definition) is 1. The first-order valence-corrected chi connectivity index (χ1v) is 15.5. The highest BCUT2D eigenvalue weighted by molar-refractivity contribution is 6.31. The Hall–Kier alpha value is -3.81. The number of carbonyl (C=O) groups is 2. The molecule has 8 heteroatoms. The van der Waals surface area contributed by atoms with Gasteiger partial charge in [-0.15, -0.1) is 0 Å². The molecular weight excluding hydrogens is 563 g/mol. The smallest absolute Gasteiger partial charge is 0.254 e. The zero-order valence-electron chi connectivity index (χ0n) is 24.0. The summed E-state index contributed by atoms with van der Waals surface area (Å²) in [5.41, 5.74) is 5.13. The van der Waals surface area contributed by atoms with Crippen molar-refractivity contribution in [1.29, 1.82) is 0 Å². The van der Waals surface area contributed by atoms with Crippen LogP contribution in [0, 0.1) is 11.2 Å². The predicted molar refractivity (Wildman–Crippen MR) is 166 cm³/mol. The maximum atomic E-state index is 14.3. The molecular formula is C35H34ClFN4O2. The first-order chi connectivity index (χ1) is 20.9. The number of amides is 2. The fourth-order valence-electron chi connectivity index (χ4n) is 7.16. The van der Waals surface area contributed by atoms with Gasteiger partial charge >= 0.3 is 0 Å². The van der Waals surface area contributed by atoms with Crippen molar-refractivity contribution in [3.8, 4) is 0 Å². The lowest BCUT2D eigenvalue weighted by Gasteiger charge is -2.39. The van der Waals surface area contributed by atoms with Crippen LogP contribution < -0.4 is 5.32 Å². The topological polar surface area (TPSA) is 65.5 Å². The minimum atomic E-state index is -0.607. The third-order valence-electron chi connectivity index (χ3n) is 9.66. The minimum absolute atomic E-state index is 0.0461. The van der Waals surface area contributed by atoms with Crippen LogP contribution in [-0.2, 0) is 13.0 Å². The van der Waals surface area contributed by atoms with Gasteiger partial charge in [0.2, 0.25) is 0 Å². The molecule has 2 saturated heterocycles. The highest BCUT2D eigenvalue weighted by atomic mass is 35.5. The number of rotatable bonds is 5. The van der Waals surface area contributed by atoms with Gasteiger partial charge in [-0.1, -0.05) is 29.8 Å². The lowest BCUT2D eigenvalue weighted by Crippen LogP contribution is -2.42. The minimum Gasteiger partial charge on any atom is -0.345 e. The lowest BCUT2D eigenvalue weighted by atomic mass is 9.77. The van der Waals surface area contributed by atoms with E-state index in [1.54, 1.807) is 0 Å². The average Bonchev–Trinajstić information content (AvgIpc) is 3.63. The van der Waals surface area contributed by atoms with Gasteiger partial charge in [-0.2, -0.15) is 0 Å². The van der Waals surface area contributed by atoms with E-state index < -0.39 is 11.7 Å². The summed E-state index contributed by atoms with van der Waals surface area (Å²) in [6.45, 7) is 4.54. The van der Waals surface area contributed by atoms with Gasteiger partial charge in [0.1, 0.15) is 5.82 Å². The largest absolute Gasteiger partial charge is 0.345 e. The first-order valence-electron chi connectivity index (χ1n) is 15.1. The molecule has 7 rings (SSSR count). The summed E-state index contributed by atoms with van der Waals surface area (Å²) < 4.78 is 14.3. The lowest BCUT2D eigenvalue weighted by molar-refractivity contribution is 0.0713. The second-order valence-corrected chi connectivity index (χ2v) is 12.8. The van der Waals surface area contributed by atoms with Gasteiger partial charge < -0.3 is 10.2 Å². The highest BCUT2D eigenvalue weighted by Gasteiger charge is 2.42. The van der Waals surface area contributed by atoms with Crippen molar-refractivity contribution in [1.82, 2.24) is 20.1 Å². The van der Waals surface area contributed by atoms with Crippen molar-refractivity contribution in [2.75, 3.05) is 26.2 Å². The monoisotopic (exact) mass is 596 g/mol. The van der Waals surface area contributed by atoms with Crippen LogP contribution in [0.2, 0.25) is 5.02 Å². The van der Waals surface area contributed by atoms with Gasteiger partial charge in [-0.25, -0.2) is 4.39 Å². The zero-order chi connectivity index (χ0) is 29.6. The van der Waals surface area contributed by atoms with E-state index in [0.29, 0.717) is 17.0 Å². The van der Waals surface area contributed by atoms with Crippen molar-refractivity contribution in [3.63, 3.8) is 0 Å². The predicted octanol–water partition coefficient (Wildman–Crippen LogP) is 6.57. The van der Waals surface area contributed by atoms with Crippen molar-refractivity contribution >= 4 is 34.3 Å². The first kappa shape index (κ1) is 28.0. The van der Waals surface area contributed by atoms with E-state index in [4.69, 9.17) is 11.6 Å². The summed E-state index contributed by atoms with van der Waals surface area (Å²) in [6, 6.07) is 20.1. The van der Waals surface area contributed by atoms with Gasteiger partial charge in [0.15, 0.2) is 0 Å². The molecule has 6 nitrogen and oxygen atoms in total.